The molecule has 0 spiro atoms. The van der Waals surface area contributed by atoms with Crippen molar-refractivity contribution < 1.29 is 13.7 Å². The zero-order chi connectivity index (χ0) is 19.6. The maximum atomic E-state index is 13.4. The highest BCUT2D eigenvalue weighted by molar-refractivity contribution is 6.37. The van der Waals surface area contributed by atoms with Crippen LogP contribution in [0.25, 0.3) is 23.0 Å². The van der Waals surface area contributed by atoms with Gasteiger partial charge >= 0.3 is 0 Å². The molecule has 5 nitrogen and oxygen atoms in total. The van der Waals surface area contributed by atoms with Gasteiger partial charge in [-0.1, -0.05) is 35.3 Å². The van der Waals surface area contributed by atoms with E-state index in [1.165, 1.54) is 36.4 Å². The van der Waals surface area contributed by atoms with Crippen molar-refractivity contribution in [2.24, 2.45) is 0 Å². The van der Waals surface area contributed by atoms with Crippen LogP contribution >= 0.6 is 23.2 Å². The first-order valence-electron chi connectivity index (χ1n) is 7.50. The van der Waals surface area contributed by atoms with E-state index in [4.69, 9.17) is 27.6 Å². The van der Waals surface area contributed by atoms with Crippen molar-refractivity contribution in [2.75, 3.05) is 0 Å². The molecule has 0 aliphatic heterocycles. The van der Waals surface area contributed by atoms with Crippen molar-refractivity contribution >= 4 is 40.5 Å². The lowest BCUT2D eigenvalue weighted by Crippen LogP contribution is -1.90. The molecule has 0 saturated heterocycles. The third kappa shape index (κ3) is 4.00. The standard InChI is InChI=1S/C19H9Cl2FN2O3/c20-16-9-17(21)18(24(25)26)8-15(16)19-5-4-14(27-19)7-12(10-23)11-2-1-3-13(22)6-11/h1-9H/b12-7-. The minimum Gasteiger partial charge on any atom is -0.457 e. The zero-order valence-electron chi connectivity index (χ0n) is 13.4. The van der Waals surface area contributed by atoms with Crippen LogP contribution in [-0.2, 0) is 0 Å². The van der Waals surface area contributed by atoms with Crippen LogP contribution in [0, 0.1) is 27.3 Å². The van der Waals surface area contributed by atoms with Gasteiger partial charge in [0.1, 0.15) is 22.4 Å². The summed E-state index contributed by atoms with van der Waals surface area (Å²) in [7, 11) is 0. The predicted molar refractivity (Wildman–Crippen MR) is 101 cm³/mol. The Morgan fingerprint density at radius 1 is 1.19 bits per heavy atom. The molecule has 1 aromatic heterocycles. The van der Waals surface area contributed by atoms with Gasteiger partial charge in [-0.15, -0.1) is 0 Å². The molecule has 3 rings (SSSR count). The molecule has 0 fully saturated rings. The lowest BCUT2D eigenvalue weighted by molar-refractivity contribution is -0.384. The summed E-state index contributed by atoms with van der Waals surface area (Å²) in [6.45, 7) is 0. The van der Waals surface area contributed by atoms with Crippen LogP contribution in [0.1, 0.15) is 11.3 Å². The summed E-state index contributed by atoms with van der Waals surface area (Å²) in [5.41, 5.74) is 0.581. The van der Waals surface area contributed by atoms with Crippen molar-refractivity contribution in [1.29, 1.82) is 5.26 Å². The third-order valence-electron chi connectivity index (χ3n) is 3.67. The second kappa shape index (κ2) is 7.62. The van der Waals surface area contributed by atoms with E-state index in [1.54, 1.807) is 18.2 Å². The number of furan rings is 1. The molecule has 0 atom stereocenters. The maximum absolute atomic E-state index is 13.4. The first-order chi connectivity index (χ1) is 12.9. The Morgan fingerprint density at radius 3 is 2.63 bits per heavy atom. The molecule has 27 heavy (non-hydrogen) atoms. The van der Waals surface area contributed by atoms with Gasteiger partial charge in [0.2, 0.25) is 0 Å². The number of nitro groups is 1. The van der Waals surface area contributed by atoms with E-state index >= 15 is 0 Å². The highest BCUT2D eigenvalue weighted by Crippen LogP contribution is 2.37. The number of allylic oxidation sites excluding steroid dienone is 1. The number of rotatable bonds is 4. The molecule has 0 radical (unpaired) electrons. The van der Waals surface area contributed by atoms with Gasteiger partial charge in [0.25, 0.3) is 5.69 Å². The van der Waals surface area contributed by atoms with E-state index in [9.17, 15) is 19.8 Å². The van der Waals surface area contributed by atoms with Crippen LogP contribution in [0.2, 0.25) is 10.0 Å². The van der Waals surface area contributed by atoms with Crippen molar-refractivity contribution in [2.45, 2.75) is 0 Å². The predicted octanol–water partition coefficient (Wildman–Crippen LogP) is 6.36. The van der Waals surface area contributed by atoms with E-state index in [0.717, 1.165) is 0 Å². The fourth-order valence-electron chi connectivity index (χ4n) is 2.42. The summed E-state index contributed by atoms with van der Waals surface area (Å²) >= 11 is 11.9. The third-order valence-corrected chi connectivity index (χ3v) is 4.28. The number of hydrogen-bond acceptors (Lipinski definition) is 4. The van der Waals surface area contributed by atoms with E-state index < -0.39 is 10.7 Å². The maximum Gasteiger partial charge on any atom is 0.288 e. The van der Waals surface area contributed by atoms with Gasteiger partial charge in [0, 0.05) is 11.6 Å². The molecule has 1 heterocycles. The van der Waals surface area contributed by atoms with E-state index in [1.807, 2.05) is 6.07 Å². The van der Waals surface area contributed by atoms with Crippen LogP contribution in [0.15, 0.2) is 52.9 Å². The SMILES string of the molecule is N#C/C(=C/c1ccc(-c2cc([N+](=O)[O-])c(Cl)cc2Cl)o1)c1cccc(F)c1. The van der Waals surface area contributed by atoms with Crippen molar-refractivity contribution in [3.63, 3.8) is 0 Å². The van der Waals surface area contributed by atoms with Gasteiger partial charge in [-0.05, 0) is 42.0 Å². The molecule has 0 N–H and O–H groups in total. The molecule has 0 amide bonds. The molecule has 0 bridgehead atoms. The summed E-state index contributed by atoms with van der Waals surface area (Å²) in [6.07, 6.45) is 1.44. The summed E-state index contributed by atoms with van der Waals surface area (Å²) < 4.78 is 19.0. The highest BCUT2D eigenvalue weighted by Gasteiger charge is 2.19. The average Bonchev–Trinajstić information content (AvgIpc) is 3.07. The molecule has 0 aliphatic rings. The largest absolute Gasteiger partial charge is 0.457 e. The lowest BCUT2D eigenvalue weighted by Gasteiger charge is -2.03. The molecule has 3 aromatic rings. The average molecular weight is 403 g/mol. The number of benzene rings is 2. The Labute approximate surface area is 163 Å². The Kier molecular flexibility index (Phi) is 5.26. The summed E-state index contributed by atoms with van der Waals surface area (Å²) in [5.74, 6) is 0.107. The number of halogens is 3. The molecule has 134 valence electrons. The van der Waals surface area contributed by atoms with Crippen molar-refractivity contribution in [3.8, 4) is 17.4 Å². The van der Waals surface area contributed by atoms with Crippen molar-refractivity contribution in [1.82, 2.24) is 0 Å². The monoisotopic (exact) mass is 402 g/mol. The summed E-state index contributed by atoms with van der Waals surface area (Å²) in [4.78, 5) is 10.4. The number of hydrogen-bond donors (Lipinski definition) is 0. The molecule has 0 unspecified atom stereocenters. The van der Waals surface area contributed by atoms with Gasteiger partial charge in [-0.3, -0.25) is 10.1 Å². The fraction of sp³-hybridized carbons (Fsp3) is 0. The highest BCUT2D eigenvalue weighted by atomic mass is 35.5. The van der Waals surface area contributed by atoms with Gasteiger partial charge in [-0.2, -0.15) is 5.26 Å². The Hall–Kier alpha value is -3.14. The minimum atomic E-state index is -0.621. The molecular weight excluding hydrogens is 394 g/mol. The number of nitriles is 1. The fourth-order valence-corrected chi connectivity index (χ4v) is 2.97. The second-order valence-corrected chi connectivity index (χ2v) is 6.24. The van der Waals surface area contributed by atoms with Gasteiger partial charge in [0.05, 0.1) is 21.6 Å². The summed E-state index contributed by atoms with van der Waals surface area (Å²) in [6, 6.07) is 13.2. The Morgan fingerprint density at radius 2 is 1.96 bits per heavy atom. The zero-order valence-corrected chi connectivity index (χ0v) is 15.0. The quantitative estimate of drug-likeness (QED) is 0.288. The van der Waals surface area contributed by atoms with E-state index in [-0.39, 0.29) is 32.6 Å². The minimum absolute atomic E-state index is 0.0849. The number of nitrogens with zero attached hydrogens (tertiary/aromatic N) is 2. The normalized spacial score (nSPS) is 11.3. The topological polar surface area (TPSA) is 80.1 Å². The summed E-state index contributed by atoms with van der Waals surface area (Å²) in [5, 5.41) is 20.5. The first-order valence-corrected chi connectivity index (χ1v) is 8.26. The first kappa shape index (κ1) is 18.6. The lowest BCUT2D eigenvalue weighted by atomic mass is 10.1. The smallest absolute Gasteiger partial charge is 0.288 e. The molecule has 2 aromatic carbocycles. The van der Waals surface area contributed by atoms with Gasteiger partial charge < -0.3 is 4.42 Å². The van der Waals surface area contributed by atoms with Crippen LogP contribution in [0.4, 0.5) is 10.1 Å². The van der Waals surface area contributed by atoms with Gasteiger partial charge in [-0.25, -0.2) is 4.39 Å². The van der Waals surface area contributed by atoms with Crippen LogP contribution in [0.5, 0.6) is 0 Å². The molecule has 8 heteroatoms. The molecule has 0 saturated carbocycles. The second-order valence-electron chi connectivity index (χ2n) is 5.42. The van der Waals surface area contributed by atoms with Crippen LogP contribution in [-0.4, -0.2) is 4.92 Å². The van der Waals surface area contributed by atoms with Crippen molar-refractivity contribution in [3.05, 3.63) is 85.8 Å². The van der Waals surface area contributed by atoms with Crippen LogP contribution < -0.4 is 0 Å². The van der Waals surface area contributed by atoms with E-state index in [2.05, 4.69) is 0 Å². The molecular formula is C19H9Cl2FN2O3. The van der Waals surface area contributed by atoms with E-state index in [0.29, 0.717) is 11.3 Å². The van der Waals surface area contributed by atoms with Crippen LogP contribution in [0.3, 0.4) is 0 Å². The Bertz CT molecular complexity index is 1120. The molecule has 0 aliphatic carbocycles. The Balaban J connectivity index is 2.01. The number of nitro benzene ring substituents is 1. The van der Waals surface area contributed by atoms with Gasteiger partial charge in [0.15, 0.2) is 0 Å².